The topological polar surface area (TPSA) is 38.7 Å². The number of hydrogen-bond acceptors (Lipinski definition) is 3. The Morgan fingerprint density at radius 1 is 1.24 bits per heavy atom. The Hall–Kier alpha value is -0.930. The van der Waals surface area contributed by atoms with Gasteiger partial charge in [0, 0.05) is 31.4 Å². The summed E-state index contributed by atoms with van der Waals surface area (Å²) in [6.45, 7) is 3.71. The van der Waals surface area contributed by atoms with Crippen molar-refractivity contribution in [2.45, 2.75) is 44.5 Å². The average molecular weight is 255 g/mol. The van der Waals surface area contributed by atoms with Crippen LogP contribution in [0.1, 0.15) is 32.3 Å². The number of benzene rings is 1. The Morgan fingerprint density at radius 2 is 1.82 bits per heavy atom. The molecule has 1 aromatic rings. The monoisotopic (exact) mass is 254 g/mol. The van der Waals surface area contributed by atoms with Crippen LogP contribution >= 0.6 is 11.6 Å². The number of ether oxygens (including phenoxy) is 2. The van der Waals surface area contributed by atoms with Gasteiger partial charge in [-0.2, -0.15) is 0 Å². The number of fused-ring (bicyclic) bond motifs is 1. The van der Waals surface area contributed by atoms with Crippen molar-refractivity contribution < 1.29 is 14.6 Å². The van der Waals surface area contributed by atoms with Crippen LogP contribution in [0.2, 0.25) is 5.02 Å². The van der Waals surface area contributed by atoms with E-state index in [1.54, 1.807) is 6.07 Å². The van der Waals surface area contributed by atoms with Crippen molar-refractivity contribution in [2.75, 3.05) is 0 Å². The molecule has 1 saturated carbocycles. The van der Waals surface area contributed by atoms with Crippen LogP contribution in [-0.4, -0.2) is 16.5 Å². The molecule has 0 saturated heterocycles. The van der Waals surface area contributed by atoms with Crippen molar-refractivity contribution >= 4 is 11.6 Å². The van der Waals surface area contributed by atoms with E-state index >= 15 is 0 Å². The highest BCUT2D eigenvalue weighted by molar-refractivity contribution is 6.31. The van der Waals surface area contributed by atoms with Gasteiger partial charge < -0.3 is 14.6 Å². The first-order chi connectivity index (χ1) is 7.87. The van der Waals surface area contributed by atoms with Crippen molar-refractivity contribution in [3.63, 3.8) is 0 Å². The van der Waals surface area contributed by atoms with Gasteiger partial charge in [0.1, 0.15) is 0 Å². The van der Waals surface area contributed by atoms with E-state index in [9.17, 15) is 5.11 Å². The maximum Gasteiger partial charge on any atom is 0.246 e. The third-order valence-corrected chi connectivity index (χ3v) is 3.52. The summed E-state index contributed by atoms with van der Waals surface area (Å²) in [4.78, 5) is 0. The Bertz CT molecular complexity index is 478. The lowest BCUT2D eigenvalue weighted by Gasteiger charge is -2.16. The molecule has 1 N–H and O–H groups in total. The van der Waals surface area contributed by atoms with Gasteiger partial charge in [0.2, 0.25) is 5.79 Å². The Morgan fingerprint density at radius 3 is 2.41 bits per heavy atom. The van der Waals surface area contributed by atoms with Crippen LogP contribution in [0.25, 0.3) is 0 Å². The molecule has 0 aromatic heterocycles. The fourth-order valence-electron chi connectivity index (χ4n) is 2.10. The van der Waals surface area contributed by atoms with Gasteiger partial charge in [0.25, 0.3) is 0 Å². The third-order valence-electron chi connectivity index (χ3n) is 3.17. The van der Waals surface area contributed by atoms with Crippen molar-refractivity contribution in [3.05, 3.63) is 22.7 Å². The highest BCUT2D eigenvalue weighted by atomic mass is 35.5. The van der Waals surface area contributed by atoms with Gasteiger partial charge in [-0.05, 0) is 24.5 Å². The van der Waals surface area contributed by atoms with E-state index < -0.39 is 11.4 Å². The van der Waals surface area contributed by atoms with Crippen molar-refractivity contribution in [1.29, 1.82) is 0 Å². The molecule has 1 aliphatic heterocycles. The Balaban J connectivity index is 1.92. The number of hydrogen-bond donors (Lipinski definition) is 1. The maximum atomic E-state index is 9.93. The van der Waals surface area contributed by atoms with E-state index in [4.69, 9.17) is 21.1 Å². The van der Waals surface area contributed by atoms with E-state index in [2.05, 4.69) is 0 Å². The fourth-order valence-corrected chi connectivity index (χ4v) is 2.32. The summed E-state index contributed by atoms with van der Waals surface area (Å²) in [6, 6.07) is 3.65. The molecule has 1 heterocycles. The minimum Gasteiger partial charge on any atom is -0.449 e. The van der Waals surface area contributed by atoms with Gasteiger partial charge >= 0.3 is 0 Å². The van der Waals surface area contributed by atoms with E-state index in [0.29, 0.717) is 22.9 Å². The summed E-state index contributed by atoms with van der Waals surface area (Å²) in [5.41, 5.74) is 0.374. The van der Waals surface area contributed by atoms with E-state index in [1.165, 1.54) is 0 Å². The van der Waals surface area contributed by atoms with E-state index in [-0.39, 0.29) is 0 Å². The quantitative estimate of drug-likeness (QED) is 0.882. The van der Waals surface area contributed by atoms with Crippen LogP contribution in [-0.2, 0) is 6.42 Å². The molecule has 17 heavy (non-hydrogen) atoms. The highest BCUT2D eigenvalue weighted by Gasteiger charge is 2.41. The molecular formula is C13H15ClO3. The summed E-state index contributed by atoms with van der Waals surface area (Å²) in [6.07, 6.45) is 2.29. The summed E-state index contributed by atoms with van der Waals surface area (Å²) in [5.74, 6) is 0.742. The first-order valence-corrected chi connectivity index (χ1v) is 6.18. The Kier molecular flexibility index (Phi) is 2.17. The van der Waals surface area contributed by atoms with Crippen molar-refractivity contribution in [1.82, 2.24) is 0 Å². The van der Waals surface area contributed by atoms with Gasteiger partial charge in [-0.3, -0.25) is 0 Å². The minimum absolute atomic E-state index is 0.549. The molecule has 92 valence electrons. The summed E-state index contributed by atoms with van der Waals surface area (Å²) in [5, 5.41) is 10.6. The zero-order valence-corrected chi connectivity index (χ0v) is 10.7. The molecular weight excluding hydrogens is 240 g/mol. The molecule has 0 amide bonds. The molecule has 3 nitrogen and oxygen atoms in total. The molecule has 1 fully saturated rings. The van der Waals surface area contributed by atoms with Crippen LogP contribution in [0.15, 0.2) is 12.1 Å². The van der Waals surface area contributed by atoms with Crippen LogP contribution in [0.5, 0.6) is 11.5 Å². The second-order valence-corrected chi connectivity index (χ2v) is 5.80. The molecule has 4 heteroatoms. The molecule has 0 radical (unpaired) electrons. The molecule has 1 aromatic carbocycles. The highest BCUT2D eigenvalue weighted by Crippen LogP contribution is 2.45. The largest absolute Gasteiger partial charge is 0.449 e. The molecule has 0 unspecified atom stereocenters. The molecule has 0 atom stereocenters. The second kappa shape index (κ2) is 3.30. The summed E-state index contributed by atoms with van der Waals surface area (Å²) < 4.78 is 11.3. The zero-order valence-electron chi connectivity index (χ0n) is 9.92. The Labute approximate surface area is 105 Å². The second-order valence-electron chi connectivity index (χ2n) is 5.40. The predicted octanol–water partition coefficient (Wildman–Crippen LogP) is 2.91. The van der Waals surface area contributed by atoms with Crippen LogP contribution in [0, 0.1) is 0 Å². The van der Waals surface area contributed by atoms with Gasteiger partial charge in [-0.1, -0.05) is 11.6 Å². The first kappa shape index (κ1) is 11.2. The lowest BCUT2D eigenvalue weighted by molar-refractivity contribution is -0.0431. The standard InChI is InChI=1S/C13H15ClO3/c1-12(2)16-10-5-8(7-13(15)3-4-13)9(14)6-11(10)17-12/h5-6,15H,3-4,7H2,1-2H3. The first-order valence-electron chi connectivity index (χ1n) is 5.80. The zero-order chi connectivity index (χ0) is 12.3. The van der Waals surface area contributed by atoms with E-state index in [1.807, 2.05) is 19.9 Å². The summed E-state index contributed by atoms with van der Waals surface area (Å²) >= 11 is 6.19. The summed E-state index contributed by atoms with van der Waals surface area (Å²) in [7, 11) is 0. The SMILES string of the molecule is CC1(C)Oc2cc(Cl)c(CC3(O)CC3)cc2O1. The molecule has 2 aliphatic rings. The van der Waals surface area contributed by atoms with Gasteiger partial charge in [-0.25, -0.2) is 0 Å². The molecule has 0 spiro atoms. The smallest absolute Gasteiger partial charge is 0.246 e. The van der Waals surface area contributed by atoms with Gasteiger partial charge in [0.05, 0.1) is 5.60 Å². The van der Waals surface area contributed by atoms with Gasteiger partial charge in [-0.15, -0.1) is 0 Å². The van der Waals surface area contributed by atoms with E-state index in [0.717, 1.165) is 18.4 Å². The van der Waals surface area contributed by atoms with Crippen molar-refractivity contribution in [2.24, 2.45) is 0 Å². The predicted molar refractivity (Wildman–Crippen MR) is 64.7 cm³/mol. The third kappa shape index (κ3) is 2.09. The molecule has 1 aliphatic carbocycles. The lowest BCUT2D eigenvalue weighted by atomic mass is 10.1. The van der Waals surface area contributed by atoms with Crippen molar-refractivity contribution in [3.8, 4) is 11.5 Å². The number of halogens is 1. The van der Waals surface area contributed by atoms with Crippen LogP contribution < -0.4 is 9.47 Å². The normalized spacial score (nSPS) is 22.6. The van der Waals surface area contributed by atoms with Gasteiger partial charge in [0.15, 0.2) is 11.5 Å². The van der Waals surface area contributed by atoms with Crippen LogP contribution in [0.3, 0.4) is 0 Å². The maximum absolute atomic E-state index is 9.93. The number of aliphatic hydroxyl groups is 1. The number of rotatable bonds is 2. The fraction of sp³-hybridized carbons (Fsp3) is 0.538. The lowest BCUT2D eigenvalue weighted by Crippen LogP contribution is -2.29. The van der Waals surface area contributed by atoms with Crippen LogP contribution in [0.4, 0.5) is 0 Å². The average Bonchev–Trinajstić information content (AvgIpc) is 2.82. The molecule has 0 bridgehead atoms. The molecule has 3 rings (SSSR count). The minimum atomic E-state index is -0.638.